The molecule has 0 spiro atoms. The lowest BCUT2D eigenvalue weighted by Crippen LogP contribution is -2.37. The van der Waals surface area contributed by atoms with Crippen molar-refractivity contribution in [1.29, 1.82) is 0 Å². The number of unbranched alkanes of at least 4 members (excludes halogenated alkanes) is 25. The Morgan fingerprint density at radius 1 is 0.544 bits per heavy atom. The SMILES string of the molecule is CCCCC/C=C/C/C=C/CCCCCCCCCC(=O)O[C@H](COC(=O)CCCCCCCCCCCCCCCCCC)COP(=O)(O)OCC[N+](C)(C)C. The third-order valence-corrected chi connectivity index (χ3v) is 11.2. The lowest BCUT2D eigenvalue weighted by Gasteiger charge is -2.24. The van der Waals surface area contributed by atoms with Gasteiger partial charge in [0.25, 0.3) is 0 Å². The van der Waals surface area contributed by atoms with Gasteiger partial charge in [-0.15, -0.1) is 0 Å². The monoisotopic (exact) mass is 829 g/mol. The van der Waals surface area contributed by atoms with E-state index in [0.29, 0.717) is 23.9 Å². The van der Waals surface area contributed by atoms with Crippen LogP contribution in [0, 0.1) is 0 Å². The van der Waals surface area contributed by atoms with Crippen LogP contribution < -0.4 is 0 Å². The van der Waals surface area contributed by atoms with E-state index < -0.39 is 26.5 Å². The number of phosphoric acid groups is 1. The van der Waals surface area contributed by atoms with Gasteiger partial charge in [0.2, 0.25) is 0 Å². The van der Waals surface area contributed by atoms with Gasteiger partial charge >= 0.3 is 19.8 Å². The number of esters is 2. The summed E-state index contributed by atoms with van der Waals surface area (Å²) >= 11 is 0. The van der Waals surface area contributed by atoms with E-state index in [4.69, 9.17) is 18.5 Å². The van der Waals surface area contributed by atoms with Gasteiger partial charge in [-0.05, 0) is 44.9 Å². The first-order valence-corrected chi connectivity index (χ1v) is 25.1. The van der Waals surface area contributed by atoms with Crippen LogP contribution in [0.15, 0.2) is 24.3 Å². The van der Waals surface area contributed by atoms with Crippen LogP contribution in [0.1, 0.15) is 213 Å². The molecule has 0 aromatic heterocycles. The predicted octanol–water partition coefficient (Wildman–Crippen LogP) is 13.5. The van der Waals surface area contributed by atoms with Gasteiger partial charge in [0, 0.05) is 12.8 Å². The number of carbonyl (C=O) groups excluding carboxylic acids is 2. The van der Waals surface area contributed by atoms with Crippen LogP contribution in [0.3, 0.4) is 0 Å². The van der Waals surface area contributed by atoms with Gasteiger partial charge in [-0.25, -0.2) is 4.57 Å². The first-order valence-electron chi connectivity index (χ1n) is 23.6. The Labute approximate surface area is 351 Å². The number of hydrogen-bond acceptors (Lipinski definition) is 7. The molecule has 0 bridgehead atoms. The van der Waals surface area contributed by atoms with Crippen molar-refractivity contribution in [2.75, 3.05) is 47.5 Å². The normalized spacial score (nSPS) is 13.7. The van der Waals surface area contributed by atoms with Crippen LogP contribution in [0.5, 0.6) is 0 Å². The van der Waals surface area contributed by atoms with E-state index in [2.05, 4.69) is 38.2 Å². The highest BCUT2D eigenvalue weighted by Gasteiger charge is 2.27. The number of hydrogen-bond donors (Lipinski definition) is 1. The molecule has 0 aliphatic heterocycles. The second kappa shape index (κ2) is 39.9. The molecular weight excluding hydrogens is 737 g/mol. The Morgan fingerprint density at radius 2 is 0.947 bits per heavy atom. The van der Waals surface area contributed by atoms with Gasteiger partial charge in [-0.1, -0.05) is 179 Å². The molecule has 2 atom stereocenters. The van der Waals surface area contributed by atoms with Crippen molar-refractivity contribution < 1.29 is 42.1 Å². The van der Waals surface area contributed by atoms with Crippen molar-refractivity contribution in [2.45, 2.75) is 219 Å². The van der Waals surface area contributed by atoms with Crippen molar-refractivity contribution in [2.24, 2.45) is 0 Å². The zero-order valence-electron chi connectivity index (χ0n) is 37.8. The molecule has 0 aliphatic carbocycles. The zero-order valence-corrected chi connectivity index (χ0v) is 38.7. The number of carbonyl (C=O) groups is 2. The van der Waals surface area contributed by atoms with Gasteiger partial charge in [0.15, 0.2) is 6.10 Å². The lowest BCUT2D eigenvalue weighted by atomic mass is 10.0. The van der Waals surface area contributed by atoms with Crippen LogP contribution in [-0.2, 0) is 32.7 Å². The van der Waals surface area contributed by atoms with Crippen molar-refractivity contribution in [3.05, 3.63) is 24.3 Å². The molecule has 0 rings (SSSR count). The highest BCUT2D eigenvalue weighted by Crippen LogP contribution is 2.43. The summed E-state index contributed by atoms with van der Waals surface area (Å²) in [6.07, 6.45) is 43.6. The highest BCUT2D eigenvalue weighted by atomic mass is 31.2. The van der Waals surface area contributed by atoms with Crippen LogP contribution in [0.2, 0.25) is 0 Å². The Balaban J connectivity index is 4.31. The Hall–Kier alpha value is -1.51. The summed E-state index contributed by atoms with van der Waals surface area (Å²) in [7, 11) is 1.48. The van der Waals surface area contributed by atoms with Crippen LogP contribution >= 0.6 is 7.82 Å². The average Bonchev–Trinajstić information content (AvgIpc) is 3.16. The standard InChI is InChI=1S/C47H90NO8P/c1-6-8-10-12-14-16-18-20-22-24-26-28-30-32-34-36-38-40-47(50)56-45(44-55-57(51,52)54-42-41-48(3,4)5)43-53-46(49)39-37-35-33-31-29-27-25-23-21-19-17-15-13-11-9-7-2/h14,16,20,22,45H,6-13,15,17-19,21,23-44H2,1-5H3/p+1/b16-14+,22-20+/t45-/m1/s1. The second-order valence-corrected chi connectivity index (χ2v) is 18.6. The van der Waals surface area contributed by atoms with Crippen molar-refractivity contribution in [3.8, 4) is 0 Å². The molecular formula is C47H91NO8P+. The molecule has 1 unspecified atom stereocenters. The zero-order chi connectivity index (χ0) is 42.1. The molecule has 336 valence electrons. The first-order chi connectivity index (χ1) is 27.5. The van der Waals surface area contributed by atoms with Gasteiger partial charge in [-0.2, -0.15) is 0 Å². The van der Waals surface area contributed by atoms with Crippen molar-refractivity contribution in [1.82, 2.24) is 0 Å². The summed E-state index contributed by atoms with van der Waals surface area (Å²) in [6.45, 7) is 4.41. The molecule has 0 amide bonds. The fraction of sp³-hybridized carbons (Fsp3) is 0.872. The molecule has 0 radical (unpaired) electrons. The molecule has 10 heteroatoms. The molecule has 0 aromatic rings. The fourth-order valence-corrected chi connectivity index (χ4v) is 7.26. The number of quaternary nitrogens is 1. The van der Waals surface area contributed by atoms with Gasteiger partial charge in [-0.3, -0.25) is 18.6 Å². The molecule has 0 saturated carbocycles. The molecule has 0 heterocycles. The maximum atomic E-state index is 12.7. The van der Waals surface area contributed by atoms with Crippen molar-refractivity contribution in [3.63, 3.8) is 0 Å². The third kappa shape index (κ3) is 43.9. The number of nitrogens with zero attached hydrogens (tertiary/aromatic N) is 1. The number of ether oxygens (including phenoxy) is 2. The maximum absolute atomic E-state index is 12.7. The summed E-state index contributed by atoms with van der Waals surface area (Å²) in [5.74, 6) is -0.798. The predicted molar refractivity (Wildman–Crippen MR) is 238 cm³/mol. The average molecular weight is 829 g/mol. The van der Waals surface area contributed by atoms with E-state index in [0.717, 1.165) is 51.4 Å². The molecule has 0 saturated heterocycles. The Bertz CT molecular complexity index is 1030. The minimum atomic E-state index is -4.37. The largest absolute Gasteiger partial charge is 0.472 e. The third-order valence-electron chi connectivity index (χ3n) is 10.2. The van der Waals surface area contributed by atoms with Gasteiger partial charge in [0.05, 0.1) is 27.7 Å². The summed E-state index contributed by atoms with van der Waals surface area (Å²) in [6, 6.07) is 0. The first kappa shape index (κ1) is 55.5. The van der Waals surface area contributed by atoms with Crippen LogP contribution in [0.4, 0.5) is 0 Å². The maximum Gasteiger partial charge on any atom is 0.472 e. The number of allylic oxidation sites excluding steroid dienone is 4. The van der Waals surface area contributed by atoms with Crippen LogP contribution in [-0.4, -0.2) is 74.9 Å². The molecule has 57 heavy (non-hydrogen) atoms. The van der Waals surface area contributed by atoms with E-state index in [-0.39, 0.29) is 25.6 Å². The summed E-state index contributed by atoms with van der Waals surface area (Å²) in [5, 5.41) is 0. The summed E-state index contributed by atoms with van der Waals surface area (Å²) < 4.78 is 34.4. The minimum Gasteiger partial charge on any atom is -0.462 e. The van der Waals surface area contributed by atoms with E-state index in [9.17, 15) is 19.0 Å². The highest BCUT2D eigenvalue weighted by molar-refractivity contribution is 7.47. The smallest absolute Gasteiger partial charge is 0.462 e. The second-order valence-electron chi connectivity index (χ2n) is 17.1. The van der Waals surface area contributed by atoms with E-state index >= 15 is 0 Å². The Morgan fingerprint density at radius 3 is 1.42 bits per heavy atom. The van der Waals surface area contributed by atoms with Gasteiger partial charge in [0.1, 0.15) is 19.8 Å². The fourth-order valence-electron chi connectivity index (χ4n) is 6.52. The van der Waals surface area contributed by atoms with E-state index in [1.54, 1.807) is 0 Å². The molecule has 1 N–H and O–H groups in total. The number of rotatable bonds is 43. The van der Waals surface area contributed by atoms with E-state index in [1.807, 2.05) is 21.1 Å². The molecule has 0 aromatic carbocycles. The Kier molecular flexibility index (Phi) is 38.9. The quantitative estimate of drug-likeness (QED) is 0.0213. The molecule has 9 nitrogen and oxygen atoms in total. The number of likely N-dealkylation sites (N-methyl/N-ethyl adjacent to an activating group) is 1. The minimum absolute atomic E-state index is 0.0319. The number of phosphoric ester groups is 1. The van der Waals surface area contributed by atoms with Crippen LogP contribution in [0.25, 0.3) is 0 Å². The summed E-state index contributed by atoms with van der Waals surface area (Å²) in [5.41, 5.74) is 0. The van der Waals surface area contributed by atoms with E-state index in [1.165, 1.54) is 128 Å². The molecule has 0 aliphatic rings. The summed E-state index contributed by atoms with van der Waals surface area (Å²) in [4.78, 5) is 35.4. The lowest BCUT2D eigenvalue weighted by molar-refractivity contribution is -0.870. The topological polar surface area (TPSA) is 108 Å². The molecule has 0 fully saturated rings. The van der Waals surface area contributed by atoms with Gasteiger partial charge < -0.3 is 18.9 Å². The van der Waals surface area contributed by atoms with Crippen molar-refractivity contribution >= 4 is 19.8 Å².